The Labute approximate surface area is 136 Å². The van der Waals surface area contributed by atoms with E-state index in [9.17, 15) is 4.79 Å². The van der Waals surface area contributed by atoms with Crippen molar-refractivity contribution < 1.29 is 4.79 Å². The lowest BCUT2D eigenvalue weighted by molar-refractivity contribution is -0.137. The van der Waals surface area contributed by atoms with Crippen LogP contribution in [0, 0.1) is 0 Å². The summed E-state index contributed by atoms with van der Waals surface area (Å²) in [6.07, 6.45) is 4.25. The highest BCUT2D eigenvalue weighted by Gasteiger charge is 2.35. The molecule has 1 unspecified atom stereocenters. The standard InChI is InChI=1S/C18H22N4O/c1-20-16-13-22(12-15(16)11-19-20)18(23)17(21-9-5-6-10-21)14-7-3-2-4-8-14/h2-4,7-8,11,17H,5-6,9-10,12-13H2,1H3. The molecule has 1 aromatic carbocycles. The van der Waals surface area contributed by atoms with Gasteiger partial charge in [0, 0.05) is 19.2 Å². The number of hydrogen-bond donors (Lipinski definition) is 0. The van der Waals surface area contributed by atoms with Crippen LogP contribution in [0.15, 0.2) is 36.5 Å². The van der Waals surface area contributed by atoms with Crippen LogP contribution in [0.2, 0.25) is 0 Å². The van der Waals surface area contributed by atoms with Gasteiger partial charge in [-0.15, -0.1) is 0 Å². The minimum Gasteiger partial charge on any atom is -0.331 e. The quantitative estimate of drug-likeness (QED) is 0.872. The maximum absolute atomic E-state index is 13.3. The molecule has 3 heterocycles. The van der Waals surface area contributed by atoms with Gasteiger partial charge in [0.2, 0.25) is 5.91 Å². The van der Waals surface area contributed by atoms with Crippen LogP contribution in [0.4, 0.5) is 0 Å². The number of amides is 1. The first-order valence-electron chi connectivity index (χ1n) is 8.31. The Bertz CT molecular complexity index is 703. The van der Waals surface area contributed by atoms with Crippen molar-refractivity contribution in [3.63, 3.8) is 0 Å². The smallest absolute Gasteiger partial charge is 0.245 e. The Balaban J connectivity index is 1.60. The van der Waals surface area contributed by atoms with Gasteiger partial charge < -0.3 is 4.90 Å². The zero-order valence-corrected chi connectivity index (χ0v) is 13.5. The molecule has 0 saturated carbocycles. The fourth-order valence-electron chi connectivity index (χ4n) is 3.76. The fourth-order valence-corrected chi connectivity index (χ4v) is 3.76. The summed E-state index contributed by atoms with van der Waals surface area (Å²) in [6.45, 7) is 3.36. The van der Waals surface area contributed by atoms with Gasteiger partial charge in [0.25, 0.3) is 0 Å². The van der Waals surface area contributed by atoms with Gasteiger partial charge in [-0.2, -0.15) is 5.10 Å². The van der Waals surface area contributed by atoms with Gasteiger partial charge >= 0.3 is 0 Å². The molecule has 120 valence electrons. The van der Waals surface area contributed by atoms with Crippen molar-refractivity contribution in [2.24, 2.45) is 7.05 Å². The average molecular weight is 310 g/mol. The third-order valence-corrected chi connectivity index (χ3v) is 5.02. The van der Waals surface area contributed by atoms with E-state index in [1.54, 1.807) is 0 Å². The van der Waals surface area contributed by atoms with E-state index in [2.05, 4.69) is 22.1 Å². The first-order valence-corrected chi connectivity index (χ1v) is 8.31. The molecule has 5 nitrogen and oxygen atoms in total. The third-order valence-electron chi connectivity index (χ3n) is 5.02. The predicted octanol–water partition coefficient (Wildman–Crippen LogP) is 2.10. The molecule has 0 aliphatic carbocycles. The van der Waals surface area contributed by atoms with Crippen molar-refractivity contribution >= 4 is 5.91 Å². The van der Waals surface area contributed by atoms with Gasteiger partial charge in [-0.1, -0.05) is 30.3 Å². The number of benzene rings is 1. The zero-order valence-electron chi connectivity index (χ0n) is 13.5. The summed E-state index contributed by atoms with van der Waals surface area (Å²) in [5.74, 6) is 0.217. The minimum absolute atomic E-state index is 0.152. The monoisotopic (exact) mass is 310 g/mol. The summed E-state index contributed by atoms with van der Waals surface area (Å²) < 4.78 is 1.88. The Kier molecular flexibility index (Phi) is 3.65. The normalized spacial score (nSPS) is 19.1. The van der Waals surface area contributed by atoms with Crippen LogP contribution in [0.3, 0.4) is 0 Å². The summed E-state index contributed by atoms with van der Waals surface area (Å²) in [4.78, 5) is 17.6. The summed E-state index contributed by atoms with van der Waals surface area (Å²) in [6, 6.07) is 10.0. The Hall–Kier alpha value is -2.14. The second kappa shape index (κ2) is 5.81. The molecule has 2 aromatic rings. The summed E-state index contributed by atoms with van der Waals surface area (Å²) in [7, 11) is 1.95. The first kappa shape index (κ1) is 14.5. The number of carbonyl (C=O) groups is 1. The van der Waals surface area contributed by atoms with Crippen LogP contribution in [-0.2, 0) is 24.9 Å². The fraction of sp³-hybridized carbons (Fsp3) is 0.444. The number of fused-ring (bicyclic) bond motifs is 1. The second-order valence-electron chi connectivity index (χ2n) is 6.49. The molecule has 23 heavy (non-hydrogen) atoms. The Morgan fingerprint density at radius 1 is 1.13 bits per heavy atom. The molecular formula is C18H22N4O. The highest BCUT2D eigenvalue weighted by Crippen LogP contribution is 2.31. The molecule has 2 aliphatic rings. The van der Waals surface area contributed by atoms with Crippen molar-refractivity contribution in [2.75, 3.05) is 13.1 Å². The number of hydrogen-bond acceptors (Lipinski definition) is 3. The van der Waals surface area contributed by atoms with E-state index in [1.165, 1.54) is 18.4 Å². The van der Waals surface area contributed by atoms with E-state index >= 15 is 0 Å². The van der Waals surface area contributed by atoms with E-state index in [-0.39, 0.29) is 11.9 Å². The number of rotatable bonds is 3. The van der Waals surface area contributed by atoms with Crippen LogP contribution in [0.25, 0.3) is 0 Å². The van der Waals surface area contributed by atoms with Crippen LogP contribution in [-0.4, -0.2) is 38.6 Å². The lowest BCUT2D eigenvalue weighted by Crippen LogP contribution is -2.40. The van der Waals surface area contributed by atoms with Crippen molar-refractivity contribution in [1.29, 1.82) is 0 Å². The van der Waals surface area contributed by atoms with E-state index in [0.717, 1.165) is 24.3 Å². The lowest BCUT2D eigenvalue weighted by Gasteiger charge is -2.30. The number of carbonyl (C=O) groups excluding carboxylic acids is 1. The Morgan fingerprint density at radius 3 is 2.57 bits per heavy atom. The van der Waals surface area contributed by atoms with Crippen LogP contribution in [0.1, 0.15) is 35.7 Å². The molecule has 1 atom stereocenters. The third kappa shape index (κ3) is 2.55. The van der Waals surface area contributed by atoms with Crippen molar-refractivity contribution in [1.82, 2.24) is 19.6 Å². The number of aromatic nitrogens is 2. The largest absolute Gasteiger partial charge is 0.331 e. The first-order chi connectivity index (χ1) is 11.2. The summed E-state index contributed by atoms with van der Waals surface area (Å²) in [5.41, 5.74) is 3.44. The van der Waals surface area contributed by atoms with Gasteiger partial charge in [0.05, 0.1) is 18.4 Å². The number of aryl methyl sites for hydroxylation is 1. The Morgan fingerprint density at radius 2 is 1.87 bits per heavy atom. The van der Waals surface area contributed by atoms with Crippen molar-refractivity contribution in [2.45, 2.75) is 32.0 Å². The average Bonchev–Trinajstić information content (AvgIpc) is 3.28. The van der Waals surface area contributed by atoms with Crippen molar-refractivity contribution in [3.05, 3.63) is 53.3 Å². The molecule has 1 fully saturated rings. The van der Waals surface area contributed by atoms with Gasteiger partial charge in [0.1, 0.15) is 6.04 Å². The van der Waals surface area contributed by atoms with Gasteiger partial charge in [-0.25, -0.2) is 0 Å². The lowest BCUT2D eigenvalue weighted by atomic mass is 10.0. The molecular weight excluding hydrogens is 288 g/mol. The van der Waals surface area contributed by atoms with Crippen LogP contribution in [0.5, 0.6) is 0 Å². The number of nitrogens with zero attached hydrogens (tertiary/aromatic N) is 4. The molecule has 1 saturated heterocycles. The predicted molar refractivity (Wildman–Crippen MR) is 87.5 cm³/mol. The second-order valence-corrected chi connectivity index (χ2v) is 6.49. The number of likely N-dealkylation sites (tertiary alicyclic amines) is 1. The molecule has 2 aliphatic heterocycles. The van der Waals surface area contributed by atoms with Crippen LogP contribution >= 0.6 is 0 Å². The molecule has 4 rings (SSSR count). The van der Waals surface area contributed by atoms with Gasteiger partial charge in [-0.05, 0) is 31.5 Å². The zero-order chi connectivity index (χ0) is 15.8. The van der Waals surface area contributed by atoms with Crippen molar-refractivity contribution in [3.8, 4) is 0 Å². The summed E-state index contributed by atoms with van der Waals surface area (Å²) >= 11 is 0. The highest BCUT2D eigenvalue weighted by molar-refractivity contribution is 5.84. The van der Waals surface area contributed by atoms with Gasteiger partial charge in [0.15, 0.2) is 0 Å². The highest BCUT2D eigenvalue weighted by atomic mass is 16.2. The summed E-state index contributed by atoms with van der Waals surface area (Å²) in [5, 5.41) is 4.28. The topological polar surface area (TPSA) is 41.4 Å². The van der Waals surface area contributed by atoms with E-state index in [0.29, 0.717) is 13.1 Å². The molecule has 0 spiro atoms. The maximum Gasteiger partial charge on any atom is 0.245 e. The maximum atomic E-state index is 13.3. The van der Waals surface area contributed by atoms with E-state index < -0.39 is 0 Å². The van der Waals surface area contributed by atoms with E-state index in [1.807, 2.05) is 41.0 Å². The molecule has 0 bridgehead atoms. The van der Waals surface area contributed by atoms with Gasteiger partial charge in [-0.3, -0.25) is 14.4 Å². The molecule has 1 aromatic heterocycles. The molecule has 1 amide bonds. The molecule has 0 N–H and O–H groups in total. The minimum atomic E-state index is -0.152. The SMILES string of the molecule is Cn1ncc2c1CN(C(=O)C(c1ccccc1)N1CCCC1)C2. The van der Waals surface area contributed by atoms with E-state index in [4.69, 9.17) is 0 Å². The molecule has 5 heteroatoms. The van der Waals surface area contributed by atoms with Crippen LogP contribution < -0.4 is 0 Å². The molecule has 0 radical (unpaired) electrons.